The van der Waals surface area contributed by atoms with Crippen LogP contribution in [-0.4, -0.2) is 32.4 Å². The molecule has 7 nitrogen and oxygen atoms in total. The minimum atomic E-state index is -0.214. The van der Waals surface area contributed by atoms with Crippen LogP contribution in [0.3, 0.4) is 0 Å². The summed E-state index contributed by atoms with van der Waals surface area (Å²) < 4.78 is 0. The maximum atomic E-state index is 12.4. The number of H-pyrrole nitrogens is 1. The number of pyridine rings is 1. The lowest BCUT2D eigenvalue weighted by Crippen LogP contribution is -2.26. The Hall–Kier alpha value is -3.74. The molecule has 3 heterocycles. The van der Waals surface area contributed by atoms with Crippen molar-refractivity contribution >= 4 is 22.6 Å². The van der Waals surface area contributed by atoms with Gasteiger partial charge in [-0.2, -0.15) is 0 Å². The van der Waals surface area contributed by atoms with Gasteiger partial charge in [-0.1, -0.05) is 18.2 Å². The van der Waals surface area contributed by atoms with E-state index in [2.05, 4.69) is 36.6 Å². The summed E-state index contributed by atoms with van der Waals surface area (Å²) >= 11 is 0. The topological polar surface area (TPSA) is 95.6 Å². The highest BCUT2D eigenvalue weighted by Crippen LogP contribution is 2.17. The Labute approximate surface area is 162 Å². The SMILES string of the molecule is O=C(NCCc1c[nH]c2ccccc12)c1cc(NCc2ccncc2)ncn1. The first-order valence-corrected chi connectivity index (χ1v) is 9.07. The number of para-hydroxylation sites is 1. The molecule has 0 spiro atoms. The smallest absolute Gasteiger partial charge is 0.270 e. The molecule has 0 bridgehead atoms. The normalized spacial score (nSPS) is 10.7. The zero-order chi connectivity index (χ0) is 19.2. The van der Waals surface area contributed by atoms with Gasteiger partial charge in [-0.3, -0.25) is 9.78 Å². The summed E-state index contributed by atoms with van der Waals surface area (Å²) in [7, 11) is 0. The fraction of sp³-hybridized carbons (Fsp3) is 0.143. The predicted octanol–water partition coefficient (Wildman–Crippen LogP) is 2.94. The molecule has 0 unspecified atom stereocenters. The number of hydrogen-bond acceptors (Lipinski definition) is 5. The molecule has 1 aromatic carbocycles. The molecule has 140 valence electrons. The summed E-state index contributed by atoms with van der Waals surface area (Å²) in [5, 5.41) is 7.30. The number of fused-ring (bicyclic) bond motifs is 1. The van der Waals surface area contributed by atoms with Gasteiger partial charge in [-0.15, -0.1) is 0 Å². The molecule has 0 atom stereocenters. The molecule has 0 aliphatic rings. The molecule has 0 saturated carbocycles. The Balaban J connectivity index is 1.33. The van der Waals surface area contributed by atoms with Gasteiger partial charge in [0, 0.05) is 48.6 Å². The number of aromatic nitrogens is 4. The van der Waals surface area contributed by atoms with E-state index in [0.717, 1.165) is 17.5 Å². The average molecular weight is 372 g/mol. The van der Waals surface area contributed by atoms with E-state index in [1.807, 2.05) is 36.5 Å². The monoisotopic (exact) mass is 372 g/mol. The Kier molecular flexibility index (Phi) is 5.24. The molecule has 4 aromatic rings. The van der Waals surface area contributed by atoms with Crippen molar-refractivity contribution in [3.63, 3.8) is 0 Å². The van der Waals surface area contributed by atoms with Gasteiger partial charge in [0.25, 0.3) is 5.91 Å². The number of rotatable bonds is 7. The minimum absolute atomic E-state index is 0.214. The van der Waals surface area contributed by atoms with Crippen molar-refractivity contribution in [1.29, 1.82) is 0 Å². The fourth-order valence-corrected chi connectivity index (χ4v) is 3.01. The molecule has 0 radical (unpaired) electrons. The summed E-state index contributed by atoms with van der Waals surface area (Å²) in [4.78, 5) is 27.9. The van der Waals surface area contributed by atoms with Gasteiger partial charge in [0.15, 0.2) is 0 Å². The molecular formula is C21H20N6O. The number of carbonyl (C=O) groups excluding carboxylic acids is 1. The molecule has 28 heavy (non-hydrogen) atoms. The van der Waals surface area contributed by atoms with Crippen LogP contribution in [0.2, 0.25) is 0 Å². The number of hydrogen-bond donors (Lipinski definition) is 3. The maximum absolute atomic E-state index is 12.4. The third-order valence-corrected chi connectivity index (χ3v) is 4.48. The van der Waals surface area contributed by atoms with E-state index in [0.29, 0.717) is 24.6 Å². The lowest BCUT2D eigenvalue weighted by molar-refractivity contribution is 0.0949. The van der Waals surface area contributed by atoms with Crippen molar-refractivity contribution < 1.29 is 4.79 Å². The van der Waals surface area contributed by atoms with E-state index in [1.165, 1.54) is 17.3 Å². The summed E-state index contributed by atoms with van der Waals surface area (Å²) in [6, 6.07) is 13.6. The second-order valence-corrected chi connectivity index (χ2v) is 6.36. The molecule has 3 aromatic heterocycles. The van der Waals surface area contributed by atoms with Crippen LogP contribution in [0, 0.1) is 0 Å². The van der Waals surface area contributed by atoms with Crippen LogP contribution < -0.4 is 10.6 Å². The van der Waals surface area contributed by atoms with Crippen LogP contribution in [0.15, 0.2) is 67.4 Å². The number of nitrogens with zero attached hydrogens (tertiary/aromatic N) is 3. The van der Waals surface area contributed by atoms with Crippen molar-refractivity contribution in [2.24, 2.45) is 0 Å². The lowest BCUT2D eigenvalue weighted by Gasteiger charge is -2.08. The summed E-state index contributed by atoms with van der Waals surface area (Å²) in [6.07, 6.45) is 7.60. The summed E-state index contributed by atoms with van der Waals surface area (Å²) in [5.41, 5.74) is 3.70. The number of aromatic amines is 1. The van der Waals surface area contributed by atoms with E-state index in [9.17, 15) is 4.79 Å². The molecule has 0 fully saturated rings. The van der Waals surface area contributed by atoms with E-state index < -0.39 is 0 Å². The second kappa shape index (κ2) is 8.30. The quantitative estimate of drug-likeness (QED) is 0.464. The van der Waals surface area contributed by atoms with Gasteiger partial charge in [0.05, 0.1) is 0 Å². The highest BCUT2D eigenvalue weighted by Gasteiger charge is 2.09. The van der Waals surface area contributed by atoms with Crippen LogP contribution in [-0.2, 0) is 13.0 Å². The number of benzene rings is 1. The van der Waals surface area contributed by atoms with Crippen molar-refractivity contribution in [3.05, 3.63) is 84.2 Å². The van der Waals surface area contributed by atoms with Crippen molar-refractivity contribution in [3.8, 4) is 0 Å². The fourth-order valence-electron chi connectivity index (χ4n) is 3.01. The Bertz CT molecular complexity index is 1080. The van der Waals surface area contributed by atoms with Crippen LogP contribution in [0.1, 0.15) is 21.6 Å². The molecular weight excluding hydrogens is 352 g/mol. The van der Waals surface area contributed by atoms with Crippen LogP contribution >= 0.6 is 0 Å². The zero-order valence-electron chi connectivity index (χ0n) is 15.2. The number of nitrogens with one attached hydrogen (secondary N) is 3. The van der Waals surface area contributed by atoms with E-state index in [1.54, 1.807) is 18.5 Å². The lowest BCUT2D eigenvalue weighted by atomic mass is 10.1. The standard InChI is InChI=1S/C21H20N6O/c28-21(23-10-7-16-13-24-18-4-2-1-3-17(16)18)19-11-20(27-14-26-19)25-12-15-5-8-22-9-6-15/h1-6,8-9,11,13-14,24H,7,10,12H2,(H,23,28)(H,25,26,27). The number of carbonyl (C=O) groups is 1. The third-order valence-electron chi connectivity index (χ3n) is 4.48. The van der Waals surface area contributed by atoms with Gasteiger partial charge >= 0.3 is 0 Å². The van der Waals surface area contributed by atoms with Gasteiger partial charge in [-0.05, 0) is 35.7 Å². The average Bonchev–Trinajstić information content (AvgIpc) is 3.16. The number of anilines is 1. The Morgan fingerprint density at radius 2 is 1.93 bits per heavy atom. The summed E-state index contributed by atoms with van der Waals surface area (Å²) in [6.45, 7) is 1.13. The first-order valence-electron chi connectivity index (χ1n) is 9.07. The van der Waals surface area contributed by atoms with E-state index >= 15 is 0 Å². The van der Waals surface area contributed by atoms with Gasteiger partial charge in [0.2, 0.25) is 0 Å². The largest absolute Gasteiger partial charge is 0.366 e. The van der Waals surface area contributed by atoms with E-state index in [-0.39, 0.29) is 5.91 Å². The highest BCUT2D eigenvalue weighted by atomic mass is 16.1. The van der Waals surface area contributed by atoms with Crippen LogP contribution in [0.4, 0.5) is 5.82 Å². The molecule has 1 amide bonds. The van der Waals surface area contributed by atoms with Crippen LogP contribution in [0.5, 0.6) is 0 Å². The molecule has 3 N–H and O–H groups in total. The second-order valence-electron chi connectivity index (χ2n) is 6.36. The first-order chi connectivity index (χ1) is 13.8. The number of amides is 1. The summed E-state index contributed by atoms with van der Waals surface area (Å²) in [5.74, 6) is 0.391. The molecule has 7 heteroatoms. The Morgan fingerprint density at radius 3 is 2.82 bits per heavy atom. The van der Waals surface area contributed by atoms with Gasteiger partial charge < -0.3 is 15.6 Å². The van der Waals surface area contributed by atoms with Gasteiger partial charge in [-0.25, -0.2) is 9.97 Å². The van der Waals surface area contributed by atoms with Crippen molar-refractivity contribution in [1.82, 2.24) is 25.3 Å². The van der Waals surface area contributed by atoms with E-state index in [4.69, 9.17) is 0 Å². The molecule has 0 saturated heterocycles. The minimum Gasteiger partial charge on any atom is -0.366 e. The molecule has 0 aliphatic heterocycles. The van der Waals surface area contributed by atoms with Crippen molar-refractivity contribution in [2.75, 3.05) is 11.9 Å². The molecule has 4 rings (SSSR count). The first kappa shape index (κ1) is 17.7. The predicted molar refractivity (Wildman–Crippen MR) is 108 cm³/mol. The zero-order valence-corrected chi connectivity index (χ0v) is 15.2. The van der Waals surface area contributed by atoms with Crippen LogP contribution in [0.25, 0.3) is 10.9 Å². The molecule has 0 aliphatic carbocycles. The Morgan fingerprint density at radius 1 is 1.07 bits per heavy atom. The van der Waals surface area contributed by atoms with Crippen molar-refractivity contribution in [2.45, 2.75) is 13.0 Å². The maximum Gasteiger partial charge on any atom is 0.270 e. The van der Waals surface area contributed by atoms with Gasteiger partial charge in [0.1, 0.15) is 17.8 Å². The third kappa shape index (κ3) is 4.15. The highest BCUT2D eigenvalue weighted by molar-refractivity contribution is 5.92.